The maximum absolute atomic E-state index is 11.1. The van der Waals surface area contributed by atoms with Crippen LogP contribution in [0.25, 0.3) is 0 Å². The van der Waals surface area contributed by atoms with E-state index in [9.17, 15) is 9.59 Å². The molecule has 7 heteroatoms. The molecule has 2 rings (SSSR count). The average Bonchev–Trinajstić information content (AvgIpc) is 2.45. The second-order valence-corrected chi connectivity index (χ2v) is 5.98. The zero-order valence-corrected chi connectivity index (χ0v) is 11.8. The summed E-state index contributed by atoms with van der Waals surface area (Å²) < 4.78 is 0. The second-order valence-electron chi connectivity index (χ2n) is 3.77. The average molecular weight is 346 g/mol. The van der Waals surface area contributed by atoms with Crippen LogP contribution in [0.2, 0.25) is 0 Å². The Hall–Kier alpha value is -0.284. The van der Waals surface area contributed by atoms with Gasteiger partial charge in [-0.2, -0.15) is 0 Å². The molecule has 0 radical (unpaired) electrons. The van der Waals surface area contributed by atoms with Gasteiger partial charge in [0.05, 0.1) is 11.1 Å². The fourth-order valence-corrected chi connectivity index (χ4v) is 3.87. The number of carboxylic acids is 2. The van der Waals surface area contributed by atoms with Crippen LogP contribution >= 0.6 is 21.6 Å². The number of hydrogen-bond donors (Lipinski definition) is 2. The van der Waals surface area contributed by atoms with Crippen molar-refractivity contribution in [2.24, 2.45) is 0 Å². The molecular formula is C14H11KO4S2. The molecule has 0 heterocycles. The standard InChI is InChI=1S/C14H10O4S2.K.H/c15-13(16)9-5-1-3-7-11(9)19-20-12-8-4-2-6-10(12)14(17)18;;/h1-8H,(H,15,16)(H,17,18);;. The molecule has 0 aliphatic heterocycles. The number of aromatic carboxylic acids is 2. The molecule has 0 aromatic heterocycles. The Kier molecular flexibility index (Phi) is 8.03. The summed E-state index contributed by atoms with van der Waals surface area (Å²) in [5.74, 6) is -2.00. The zero-order chi connectivity index (χ0) is 14.5. The van der Waals surface area contributed by atoms with Crippen molar-refractivity contribution in [1.82, 2.24) is 0 Å². The summed E-state index contributed by atoms with van der Waals surface area (Å²) in [6.45, 7) is 0. The molecule has 0 spiro atoms. The van der Waals surface area contributed by atoms with Gasteiger partial charge in [0.15, 0.2) is 0 Å². The van der Waals surface area contributed by atoms with Gasteiger partial charge in [-0.05, 0) is 24.3 Å². The first kappa shape index (κ1) is 18.8. The summed E-state index contributed by atoms with van der Waals surface area (Å²) in [5, 5.41) is 18.2. The third-order valence-corrected chi connectivity index (χ3v) is 4.94. The van der Waals surface area contributed by atoms with Gasteiger partial charge in [0.2, 0.25) is 0 Å². The summed E-state index contributed by atoms with van der Waals surface area (Å²) in [7, 11) is 2.47. The van der Waals surface area contributed by atoms with Crippen LogP contribution in [-0.2, 0) is 0 Å². The molecule has 0 saturated heterocycles. The van der Waals surface area contributed by atoms with Crippen LogP contribution in [0.3, 0.4) is 0 Å². The van der Waals surface area contributed by atoms with Gasteiger partial charge in [-0.15, -0.1) is 0 Å². The SMILES string of the molecule is O=C(O)c1ccccc1SSc1ccccc1C(=O)O.[KH]. The van der Waals surface area contributed by atoms with Gasteiger partial charge in [-0.25, -0.2) is 9.59 Å². The first-order valence-corrected chi connectivity index (χ1v) is 7.73. The van der Waals surface area contributed by atoms with Crippen LogP contribution < -0.4 is 0 Å². The summed E-state index contributed by atoms with van der Waals surface area (Å²) in [6, 6.07) is 13.3. The molecule has 0 aliphatic carbocycles. The summed E-state index contributed by atoms with van der Waals surface area (Å²) in [6.07, 6.45) is 0. The van der Waals surface area contributed by atoms with E-state index in [1.807, 2.05) is 0 Å². The van der Waals surface area contributed by atoms with E-state index in [0.717, 1.165) is 0 Å². The Bertz CT molecular complexity index is 603. The van der Waals surface area contributed by atoms with E-state index in [0.29, 0.717) is 9.79 Å². The van der Waals surface area contributed by atoms with Crippen LogP contribution in [0.4, 0.5) is 0 Å². The van der Waals surface area contributed by atoms with Crippen LogP contribution in [0.1, 0.15) is 20.7 Å². The summed E-state index contributed by atoms with van der Waals surface area (Å²) >= 11 is 0. The van der Waals surface area contributed by atoms with Gasteiger partial charge in [0.25, 0.3) is 0 Å². The fourth-order valence-electron chi connectivity index (χ4n) is 1.52. The van der Waals surface area contributed by atoms with E-state index in [2.05, 4.69) is 0 Å². The first-order valence-electron chi connectivity index (χ1n) is 5.59. The molecule has 2 aromatic carbocycles. The number of rotatable bonds is 5. The van der Waals surface area contributed by atoms with Crippen LogP contribution in [0.5, 0.6) is 0 Å². The van der Waals surface area contributed by atoms with E-state index < -0.39 is 11.9 Å². The van der Waals surface area contributed by atoms with E-state index in [-0.39, 0.29) is 62.5 Å². The molecule has 0 saturated carbocycles. The molecule has 0 unspecified atom stereocenters. The predicted octanol–water partition coefficient (Wildman–Crippen LogP) is 3.23. The van der Waals surface area contributed by atoms with Crippen molar-refractivity contribution in [2.45, 2.75) is 9.79 Å². The second kappa shape index (κ2) is 8.99. The third-order valence-electron chi connectivity index (χ3n) is 2.46. The molecule has 0 aliphatic rings. The Morgan fingerprint density at radius 1 is 0.714 bits per heavy atom. The molecular weight excluding hydrogens is 335 g/mol. The van der Waals surface area contributed by atoms with E-state index in [4.69, 9.17) is 10.2 Å². The number of benzene rings is 2. The summed E-state index contributed by atoms with van der Waals surface area (Å²) in [4.78, 5) is 23.4. The predicted molar refractivity (Wildman–Crippen MR) is 85.7 cm³/mol. The Labute approximate surface area is 172 Å². The Morgan fingerprint density at radius 3 is 1.38 bits per heavy atom. The van der Waals surface area contributed by atoms with Crippen molar-refractivity contribution in [2.75, 3.05) is 0 Å². The molecule has 4 nitrogen and oxygen atoms in total. The molecule has 0 atom stereocenters. The van der Waals surface area contributed by atoms with Gasteiger partial charge in [-0.1, -0.05) is 45.9 Å². The molecule has 2 aromatic rings. The molecule has 0 bridgehead atoms. The maximum atomic E-state index is 11.1. The molecule has 104 valence electrons. The third kappa shape index (κ3) is 5.13. The van der Waals surface area contributed by atoms with E-state index in [1.165, 1.54) is 33.7 Å². The van der Waals surface area contributed by atoms with Crippen molar-refractivity contribution in [3.05, 3.63) is 59.7 Å². The topological polar surface area (TPSA) is 74.6 Å². The fraction of sp³-hybridized carbons (Fsp3) is 0. The van der Waals surface area contributed by atoms with E-state index in [1.54, 1.807) is 36.4 Å². The van der Waals surface area contributed by atoms with Gasteiger partial charge >= 0.3 is 63.3 Å². The minimum atomic E-state index is -1.000. The number of hydrogen-bond acceptors (Lipinski definition) is 4. The van der Waals surface area contributed by atoms with Gasteiger partial charge in [-0.3, -0.25) is 0 Å². The van der Waals surface area contributed by atoms with E-state index >= 15 is 0 Å². The van der Waals surface area contributed by atoms with Gasteiger partial charge in [0.1, 0.15) is 0 Å². The van der Waals surface area contributed by atoms with Crippen molar-refractivity contribution >= 4 is 84.9 Å². The van der Waals surface area contributed by atoms with Crippen molar-refractivity contribution in [3.63, 3.8) is 0 Å². The monoisotopic (exact) mass is 346 g/mol. The molecule has 2 N–H and O–H groups in total. The summed E-state index contributed by atoms with van der Waals surface area (Å²) in [5.41, 5.74) is 0.413. The molecule has 0 fully saturated rings. The van der Waals surface area contributed by atoms with Crippen LogP contribution in [-0.4, -0.2) is 73.5 Å². The van der Waals surface area contributed by atoms with Crippen LogP contribution in [0.15, 0.2) is 58.3 Å². The van der Waals surface area contributed by atoms with Crippen molar-refractivity contribution in [3.8, 4) is 0 Å². The minimum absolute atomic E-state index is 0. The van der Waals surface area contributed by atoms with Gasteiger partial charge < -0.3 is 10.2 Å². The number of carbonyl (C=O) groups is 2. The Morgan fingerprint density at radius 2 is 1.05 bits per heavy atom. The quantitative estimate of drug-likeness (QED) is 0.639. The first-order chi connectivity index (χ1) is 9.59. The van der Waals surface area contributed by atoms with Gasteiger partial charge in [0, 0.05) is 9.79 Å². The number of carboxylic acid groups (broad SMARTS) is 2. The Balaban J connectivity index is 0.00000220. The molecule has 0 amide bonds. The molecule has 21 heavy (non-hydrogen) atoms. The van der Waals surface area contributed by atoms with Crippen molar-refractivity contribution < 1.29 is 19.8 Å². The normalized spacial score (nSPS) is 9.71. The van der Waals surface area contributed by atoms with Crippen LogP contribution in [0, 0.1) is 0 Å². The van der Waals surface area contributed by atoms with Crippen molar-refractivity contribution in [1.29, 1.82) is 0 Å². The zero-order valence-electron chi connectivity index (χ0n) is 10.1.